The molecule has 6 heteroatoms. The number of halogens is 2. The third-order valence-corrected chi connectivity index (χ3v) is 3.01. The van der Waals surface area contributed by atoms with Gasteiger partial charge in [-0.1, -0.05) is 23.7 Å². The molecule has 0 aliphatic carbocycles. The van der Waals surface area contributed by atoms with E-state index < -0.39 is 27.5 Å². The zero-order valence-corrected chi connectivity index (χ0v) is 9.52. The third kappa shape index (κ3) is 3.44. The summed E-state index contributed by atoms with van der Waals surface area (Å²) in [6.07, 6.45) is -0.419. The van der Waals surface area contributed by atoms with E-state index in [0.29, 0.717) is 0 Å². The predicted molar refractivity (Wildman–Crippen MR) is 56.1 cm³/mol. The lowest BCUT2D eigenvalue weighted by Crippen LogP contribution is -2.14. The number of aliphatic hydroxyl groups is 1. The van der Waals surface area contributed by atoms with Crippen molar-refractivity contribution in [3.63, 3.8) is 0 Å². The normalized spacial score (nSPS) is 13.9. The van der Waals surface area contributed by atoms with Crippen LogP contribution in [0.1, 0.15) is 11.7 Å². The molecule has 1 atom stereocenters. The van der Waals surface area contributed by atoms with E-state index in [1.165, 1.54) is 18.2 Å². The molecule has 15 heavy (non-hydrogen) atoms. The van der Waals surface area contributed by atoms with Crippen molar-refractivity contribution in [2.75, 3.05) is 12.0 Å². The van der Waals surface area contributed by atoms with Crippen LogP contribution < -0.4 is 0 Å². The second-order valence-electron chi connectivity index (χ2n) is 3.25. The van der Waals surface area contributed by atoms with Gasteiger partial charge in [0, 0.05) is 11.8 Å². The molecular formula is C9H10ClFO3S. The number of benzene rings is 1. The van der Waals surface area contributed by atoms with Crippen LogP contribution in [0.2, 0.25) is 5.02 Å². The van der Waals surface area contributed by atoms with Gasteiger partial charge in [-0.15, -0.1) is 0 Å². The molecule has 3 nitrogen and oxygen atoms in total. The molecule has 0 aromatic heterocycles. The number of hydrogen-bond acceptors (Lipinski definition) is 3. The highest BCUT2D eigenvalue weighted by molar-refractivity contribution is 7.90. The Kier molecular flexibility index (Phi) is 3.70. The molecule has 1 aromatic rings. The monoisotopic (exact) mass is 252 g/mol. The molecule has 0 aliphatic rings. The molecule has 1 N–H and O–H groups in total. The van der Waals surface area contributed by atoms with Gasteiger partial charge in [0.25, 0.3) is 0 Å². The van der Waals surface area contributed by atoms with Crippen LogP contribution in [-0.2, 0) is 9.84 Å². The summed E-state index contributed by atoms with van der Waals surface area (Å²) < 4.78 is 35.1. The zero-order chi connectivity index (χ0) is 11.6. The first-order valence-corrected chi connectivity index (χ1v) is 6.55. The molecule has 84 valence electrons. The van der Waals surface area contributed by atoms with Crippen LogP contribution >= 0.6 is 11.6 Å². The van der Waals surface area contributed by atoms with E-state index in [2.05, 4.69) is 0 Å². The average molecular weight is 253 g/mol. The quantitative estimate of drug-likeness (QED) is 0.888. The Hall–Kier alpha value is -0.650. The highest BCUT2D eigenvalue weighted by Gasteiger charge is 2.19. The molecule has 0 spiro atoms. The number of sulfone groups is 1. The van der Waals surface area contributed by atoms with Gasteiger partial charge < -0.3 is 5.11 Å². The molecule has 1 unspecified atom stereocenters. The largest absolute Gasteiger partial charge is 0.387 e. The first-order valence-electron chi connectivity index (χ1n) is 4.11. The molecular weight excluding hydrogens is 243 g/mol. The molecule has 0 saturated carbocycles. The highest BCUT2D eigenvalue weighted by Crippen LogP contribution is 2.23. The average Bonchev–Trinajstić information content (AvgIpc) is 2.06. The smallest absolute Gasteiger partial charge is 0.150 e. The first kappa shape index (κ1) is 12.4. The van der Waals surface area contributed by atoms with Gasteiger partial charge in [-0.25, -0.2) is 12.8 Å². The molecule has 0 saturated heterocycles. The van der Waals surface area contributed by atoms with E-state index in [4.69, 9.17) is 11.6 Å². The van der Waals surface area contributed by atoms with Crippen molar-refractivity contribution in [1.82, 2.24) is 0 Å². The maximum atomic E-state index is 13.3. The van der Waals surface area contributed by atoms with Crippen molar-refractivity contribution in [2.45, 2.75) is 6.10 Å². The van der Waals surface area contributed by atoms with Gasteiger partial charge >= 0.3 is 0 Å². The van der Waals surface area contributed by atoms with Gasteiger partial charge in [0.15, 0.2) is 0 Å². The van der Waals surface area contributed by atoms with Crippen LogP contribution in [0.25, 0.3) is 0 Å². The Morgan fingerprint density at radius 3 is 2.67 bits per heavy atom. The van der Waals surface area contributed by atoms with E-state index in [1.807, 2.05) is 0 Å². The summed E-state index contributed by atoms with van der Waals surface area (Å²) in [4.78, 5) is 0. The number of aliphatic hydroxyl groups excluding tert-OH is 1. The first-order chi connectivity index (χ1) is 6.81. The molecule has 0 radical (unpaired) electrons. The SMILES string of the molecule is CS(=O)(=O)CC(O)c1cccc(Cl)c1F. The van der Waals surface area contributed by atoms with Crippen molar-refractivity contribution in [3.8, 4) is 0 Å². The van der Waals surface area contributed by atoms with Crippen molar-refractivity contribution < 1.29 is 17.9 Å². The van der Waals surface area contributed by atoms with Gasteiger partial charge in [-0.2, -0.15) is 0 Å². The van der Waals surface area contributed by atoms with Crippen LogP contribution in [0, 0.1) is 5.82 Å². The summed E-state index contributed by atoms with van der Waals surface area (Å²) in [5.41, 5.74) is -0.104. The van der Waals surface area contributed by atoms with Crippen molar-refractivity contribution in [3.05, 3.63) is 34.6 Å². The van der Waals surface area contributed by atoms with Gasteiger partial charge in [0.05, 0.1) is 16.9 Å². The zero-order valence-electron chi connectivity index (χ0n) is 7.94. The molecule has 0 heterocycles. The van der Waals surface area contributed by atoms with Crippen LogP contribution in [-0.4, -0.2) is 25.5 Å². The summed E-state index contributed by atoms with van der Waals surface area (Å²) in [6.45, 7) is 0. The molecule has 0 fully saturated rings. The summed E-state index contributed by atoms with van der Waals surface area (Å²) in [5.74, 6) is -1.31. The second-order valence-corrected chi connectivity index (χ2v) is 5.84. The van der Waals surface area contributed by atoms with E-state index >= 15 is 0 Å². The summed E-state index contributed by atoms with van der Waals surface area (Å²) >= 11 is 5.49. The summed E-state index contributed by atoms with van der Waals surface area (Å²) in [7, 11) is -3.36. The molecule has 1 aromatic carbocycles. The molecule has 0 bridgehead atoms. The van der Waals surface area contributed by atoms with Gasteiger partial charge in [-0.3, -0.25) is 0 Å². The fourth-order valence-electron chi connectivity index (χ4n) is 1.15. The predicted octanol–water partition coefficient (Wildman–Crippen LogP) is 1.56. The van der Waals surface area contributed by atoms with Crippen molar-refractivity contribution in [1.29, 1.82) is 0 Å². The Morgan fingerprint density at radius 1 is 1.53 bits per heavy atom. The van der Waals surface area contributed by atoms with Crippen LogP contribution in [0.4, 0.5) is 4.39 Å². The van der Waals surface area contributed by atoms with Crippen molar-refractivity contribution >= 4 is 21.4 Å². The molecule has 1 rings (SSSR count). The molecule has 0 aliphatic heterocycles. The minimum Gasteiger partial charge on any atom is -0.387 e. The minimum absolute atomic E-state index is 0.104. The van der Waals surface area contributed by atoms with Crippen molar-refractivity contribution in [2.24, 2.45) is 0 Å². The van der Waals surface area contributed by atoms with Gasteiger partial charge in [0.2, 0.25) is 0 Å². The van der Waals surface area contributed by atoms with Crippen LogP contribution in [0.15, 0.2) is 18.2 Å². The Labute approximate surface area is 92.4 Å². The third-order valence-electron chi connectivity index (χ3n) is 1.80. The Bertz CT molecular complexity index is 458. The second kappa shape index (κ2) is 4.47. The van der Waals surface area contributed by atoms with Gasteiger partial charge in [-0.05, 0) is 6.07 Å². The lowest BCUT2D eigenvalue weighted by atomic mass is 10.1. The molecule has 0 amide bonds. The van der Waals surface area contributed by atoms with E-state index in [1.54, 1.807) is 0 Å². The maximum absolute atomic E-state index is 13.3. The number of rotatable bonds is 3. The Morgan fingerprint density at radius 2 is 2.13 bits per heavy atom. The minimum atomic E-state index is -3.36. The standard InChI is InChI=1S/C9H10ClFO3S/c1-15(13,14)5-8(12)6-3-2-4-7(10)9(6)11/h2-4,8,12H,5H2,1H3. The lowest BCUT2D eigenvalue weighted by Gasteiger charge is -2.11. The summed E-state index contributed by atoms with van der Waals surface area (Å²) in [5, 5.41) is 9.34. The number of hydrogen-bond donors (Lipinski definition) is 1. The van der Waals surface area contributed by atoms with Crippen LogP contribution in [0.3, 0.4) is 0 Å². The maximum Gasteiger partial charge on any atom is 0.150 e. The fourth-order valence-corrected chi connectivity index (χ4v) is 2.09. The van der Waals surface area contributed by atoms with Gasteiger partial charge in [0.1, 0.15) is 15.7 Å². The Balaban J connectivity index is 3.02. The van der Waals surface area contributed by atoms with E-state index in [9.17, 15) is 17.9 Å². The summed E-state index contributed by atoms with van der Waals surface area (Å²) in [6, 6.07) is 4.08. The van der Waals surface area contributed by atoms with E-state index in [-0.39, 0.29) is 10.6 Å². The lowest BCUT2D eigenvalue weighted by molar-refractivity contribution is 0.197. The highest BCUT2D eigenvalue weighted by atomic mass is 35.5. The fraction of sp³-hybridized carbons (Fsp3) is 0.333. The van der Waals surface area contributed by atoms with Crippen LogP contribution in [0.5, 0.6) is 0 Å². The van der Waals surface area contributed by atoms with E-state index in [0.717, 1.165) is 6.26 Å². The topological polar surface area (TPSA) is 54.4 Å².